The van der Waals surface area contributed by atoms with Crippen molar-refractivity contribution in [2.45, 2.75) is 20.0 Å². The lowest BCUT2D eigenvalue weighted by atomic mass is 10.1. The van der Waals surface area contributed by atoms with Crippen LogP contribution in [0.1, 0.15) is 19.4 Å². The normalized spacial score (nSPS) is 9.65. The summed E-state index contributed by atoms with van der Waals surface area (Å²) >= 11 is 0. The summed E-state index contributed by atoms with van der Waals surface area (Å²) in [6.07, 6.45) is -0.266. The molecule has 0 saturated heterocycles. The maximum atomic E-state index is 11.6. The van der Waals surface area contributed by atoms with Crippen molar-refractivity contribution in [1.82, 2.24) is 0 Å². The molecule has 0 fully saturated rings. The van der Waals surface area contributed by atoms with E-state index in [1.165, 1.54) is 0 Å². The first-order chi connectivity index (χ1) is 8.08. The van der Waals surface area contributed by atoms with Gasteiger partial charge in [0.2, 0.25) is 0 Å². The Kier molecular flexibility index (Phi) is 4.43. The fraction of sp³-hybridized carbons (Fsp3) is 0.333. The number of esters is 1. The Morgan fingerprint density at radius 3 is 2.29 bits per heavy atom. The molecule has 0 aliphatic carbocycles. The lowest BCUT2D eigenvalue weighted by Crippen LogP contribution is -2.22. The van der Waals surface area contributed by atoms with E-state index in [0.29, 0.717) is 11.3 Å². The van der Waals surface area contributed by atoms with Crippen molar-refractivity contribution in [2.24, 2.45) is 0 Å². The minimum Gasteiger partial charge on any atom is -0.497 e. The van der Waals surface area contributed by atoms with Crippen LogP contribution in [0.25, 0.3) is 5.53 Å². The highest BCUT2D eigenvalue weighted by molar-refractivity contribution is 6.40. The van der Waals surface area contributed by atoms with Crippen molar-refractivity contribution < 1.29 is 19.1 Å². The molecule has 5 nitrogen and oxygen atoms in total. The zero-order valence-electron chi connectivity index (χ0n) is 10.0. The number of nitrogens with zero attached hydrogens (tertiary/aromatic N) is 2. The van der Waals surface area contributed by atoms with E-state index >= 15 is 0 Å². The van der Waals surface area contributed by atoms with Crippen LogP contribution in [0.3, 0.4) is 0 Å². The molecule has 0 aliphatic heterocycles. The zero-order chi connectivity index (χ0) is 12.8. The van der Waals surface area contributed by atoms with Gasteiger partial charge in [0.25, 0.3) is 0 Å². The molecule has 1 aromatic carbocycles. The molecule has 5 heteroatoms. The third kappa shape index (κ3) is 3.43. The third-order valence-corrected chi connectivity index (χ3v) is 2.00. The van der Waals surface area contributed by atoms with Crippen LogP contribution in [0.15, 0.2) is 24.3 Å². The Morgan fingerprint density at radius 2 is 1.88 bits per heavy atom. The van der Waals surface area contributed by atoms with E-state index in [-0.39, 0.29) is 11.8 Å². The molecule has 0 unspecified atom stereocenters. The SMILES string of the molecule is COc1ccc(C(=[N+]=[N-])C(=O)OC(C)C)cc1. The standard InChI is InChI=1S/C12H14N2O3/c1-8(2)17-12(15)11(14-13)9-4-6-10(16-3)7-5-9/h4-8H,1-3H3. The van der Waals surface area contributed by atoms with Crippen molar-refractivity contribution in [3.8, 4) is 5.75 Å². The molecular weight excluding hydrogens is 220 g/mol. The second kappa shape index (κ2) is 5.82. The molecule has 0 N–H and O–H groups in total. The Morgan fingerprint density at radius 1 is 1.29 bits per heavy atom. The summed E-state index contributed by atoms with van der Waals surface area (Å²) in [5.74, 6) is -0.00377. The maximum Gasteiger partial charge on any atom is 0.422 e. The Labute approximate surface area is 99.6 Å². The Balaban J connectivity index is 2.95. The van der Waals surface area contributed by atoms with Crippen LogP contribution in [0.4, 0.5) is 0 Å². The highest BCUT2D eigenvalue weighted by atomic mass is 16.5. The average Bonchev–Trinajstić information content (AvgIpc) is 2.30. The maximum absolute atomic E-state index is 11.6. The van der Waals surface area contributed by atoms with Gasteiger partial charge in [-0.3, -0.25) is 0 Å². The Hall–Kier alpha value is -2.13. The molecule has 0 amide bonds. The smallest absolute Gasteiger partial charge is 0.422 e. The van der Waals surface area contributed by atoms with Crippen molar-refractivity contribution in [3.63, 3.8) is 0 Å². The van der Waals surface area contributed by atoms with Crippen molar-refractivity contribution in [3.05, 3.63) is 35.4 Å². The highest BCUT2D eigenvalue weighted by Crippen LogP contribution is 2.12. The molecule has 0 atom stereocenters. The van der Waals surface area contributed by atoms with Gasteiger partial charge in [0.05, 0.1) is 18.8 Å². The third-order valence-electron chi connectivity index (χ3n) is 2.00. The van der Waals surface area contributed by atoms with Gasteiger partial charge in [-0.25, -0.2) is 4.79 Å². The van der Waals surface area contributed by atoms with Crippen molar-refractivity contribution >= 4 is 11.7 Å². The quantitative estimate of drug-likeness (QED) is 0.344. The largest absolute Gasteiger partial charge is 0.497 e. The van der Waals surface area contributed by atoms with Crippen LogP contribution in [0, 0.1) is 0 Å². The van der Waals surface area contributed by atoms with E-state index in [1.807, 2.05) is 0 Å². The van der Waals surface area contributed by atoms with Gasteiger partial charge in [-0.15, -0.1) is 0 Å². The summed E-state index contributed by atoms with van der Waals surface area (Å²) in [5.41, 5.74) is 9.19. The number of methoxy groups -OCH3 is 1. The predicted octanol–water partition coefficient (Wildman–Crippen LogP) is 1.67. The molecule has 0 aromatic heterocycles. The highest BCUT2D eigenvalue weighted by Gasteiger charge is 2.25. The van der Waals surface area contributed by atoms with E-state index in [2.05, 4.69) is 4.79 Å². The average molecular weight is 234 g/mol. The van der Waals surface area contributed by atoms with E-state index in [0.717, 1.165) is 0 Å². The first-order valence-electron chi connectivity index (χ1n) is 5.16. The summed E-state index contributed by atoms with van der Waals surface area (Å²) < 4.78 is 9.94. The molecule has 0 bridgehead atoms. The molecule has 90 valence electrons. The van der Waals surface area contributed by atoms with Gasteiger partial charge in [-0.2, -0.15) is 4.79 Å². The van der Waals surface area contributed by atoms with E-state index in [9.17, 15) is 4.79 Å². The van der Waals surface area contributed by atoms with Gasteiger partial charge < -0.3 is 15.0 Å². The first kappa shape index (κ1) is 12.9. The Bertz CT molecular complexity index is 445. The minimum atomic E-state index is -0.660. The van der Waals surface area contributed by atoms with Crippen LogP contribution in [-0.4, -0.2) is 29.7 Å². The second-order valence-corrected chi connectivity index (χ2v) is 3.63. The fourth-order valence-corrected chi connectivity index (χ4v) is 1.24. The van der Waals surface area contributed by atoms with Gasteiger partial charge in [-0.05, 0) is 38.1 Å². The predicted molar refractivity (Wildman–Crippen MR) is 62.0 cm³/mol. The van der Waals surface area contributed by atoms with Crippen LogP contribution in [-0.2, 0) is 9.53 Å². The summed E-state index contributed by atoms with van der Waals surface area (Å²) in [6.45, 7) is 3.45. The second-order valence-electron chi connectivity index (χ2n) is 3.63. The fourth-order valence-electron chi connectivity index (χ4n) is 1.24. The zero-order valence-corrected chi connectivity index (χ0v) is 10.0. The molecular formula is C12H14N2O3. The van der Waals surface area contributed by atoms with Gasteiger partial charge in [-0.1, -0.05) is 0 Å². The number of carbonyl (C=O) groups is 1. The molecule has 1 rings (SSSR count). The van der Waals surface area contributed by atoms with E-state index in [4.69, 9.17) is 15.0 Å². The van der Waals surface area contributed by atoms with Crippen molar-refractivity contribution in [2.75, 3.05) is 7.11 Å². The van der Waals surface area contributed by atoms with Crippen LogP contribution >= 0.6 is 0 Å². The summed E-state index contributed by atoms with van der Waals surface area (Å²) in [6, 6.07) is 6.58. The molecule has 0 aliphatic rings. The topological polar surface area (TPSA) is 71.9 Å². The monoisotopic (exact) mass is 234 g/mol. The van der Waals surface area contributed by atoms with E-state index in [1.54, 1.807) is 45.2 Å². The molecule has 1 aromatic rings. The first-order valence-corrected chi connectivity index (χ1v) is 5.16. The van der Waals surface area contributed by atoms with Crippen LogP contribution in [0.5, 0.6) is 5.75 Å². The van der Waals surface area contributed by atoms with E-state index < -0.39 is 5.97 Å². The van der Waals surface area contributed by atoms with Gasteiger partial charge in [0.1, 0.15) is 5.75 Å². The number of carbonyl (C=O) groups excluding carboxylic acids is 1. The number of hydrogen-bond donors (Lipinski definition) is 0. The summed E-state index contributed by atoms with van der Waals surface area (Å²) in [5, 5.41) is 0. The number of ether oxygens (including phenoxy) is 2. The minimum absolute atomic E-state index is 0.124. The summed E-state index contributed by atoms with van der Waals surface area (Å²) in [7, 11) is 1.54. The van der Waals surface area contributed by atoms with Crippen molar-refractivity contribution in [1.29, 1.82) is 0 Å². The number of rotatable bonds is 4. The molecule has 0 heterocycles. The van der Waals surface area contributed by atoms with Crippen LogP contribution < -0.4 is 4.74 Å². The van der Waals surface area contributed by atoms with Crippen LogP contribution in [0.2, 0.25) is 0 Å². The molecule has 0 radical (unpaired) electrons. The van der Waals surface area contributed by atoms with Gasteiger partial charge >= 0.3 is 11.7 Å². The number of hydrogen-bond acceptors (Lipinski definition) is 3. The number of benzene rings is 1. The van der Waals surface area contributed by atoms with Gasteiger partial charge in [0, 0.05) is 0 Å². The summed E-state index contributed by atoms with van der Waals surface area (Å²) in [4.78, 5) is 14.6. The lowest BCUT2D eigenvalue weighted by molar-refractivity contribution is -0.143. The lowest BCUT2D eigenvalue weighted by Gasteiger charge is -2.05. The molecule has 17 heavy (non-hydrogen) atoms. The molecule has 0 spiro atoms. The molecule has 0 saturated carbocycles. The van der Waals surface area contributed by atoms with Gasteiger partial charge in [0.15, 0.2) is 0 Å².